The Labute approximate surface area is 381 Å². The van der Waals surface area contributed by atoms with Gasteiger partial charge < -0.3 is 78.7 Å². The van der Waals surface area contributed by atoms with Gasteiger partial charge >= 0.3 is 63.7 Å². The van der Waals surface area contributed by atoms with Gasteiger partial charge in [-0.2, -0.15) is 51.5 Å². The van der Waals surface area contributed by atoms with Crippen LogP contribution in [-0.4, -0.2) is 261 Å². The second-order valence-electron chi connectivity index (χ2n) is 14.2. The van der Waals surface area contributed by atoms with E-state index in [-0.39, 0.29) is 0 Å². The summed E-state index contributed by atoms with van der Waals surface area (Å²) in [6, 6.07) is -5.32. The van der Waals surface area contributed by atoms with Crippen LogP contribution in [0.4, 0.5) is 0 Å². The molecule has 0 bridgehead atoms. The maximum atomic E-state index is 12.6. The molecule has 0 spiro atoms. The first-order valence-corrected chi connectivity index (χ1v) is 24.9. The third-order valence-corrected chi connectivity index (χ3v) is 12.1. The van der Waals surface area contributed by atoms with Crippen LogP contribution in [0.1, 0.15) is 0 Å². The van der Waals surface area contributed by atoms with Gasteiger partial charge in [-0.1, -0.05) is 0 Å². The van der Waals surface area contributed by atoms with E-state index in [1.165, 1.54) is 9.44 Å². The zero-order valence-electron chi connectivity index (χ0n) is 33.2. The van der Waals surface area contributed by atoms with Crippen molar-refractivity contribution in [2.45, 2.75) is 123 Å². The van der Waals surface area contributed by atoms with Crippen LogP contribution in [0.2, 0.25) is 0 Å². The second-order valence-corrected chi connectivity index (χ2v) is 19.8. The van der Waals surface area contributed by atoms with E-state index >= 15 is 0 Å². The molecule has 0 amide bonds. The molecule has 4 rings (SSSR count). The van der Waals surface area contributed by atoms with Gasteiger partial charge in [-0.15, -0.1) is 0 Å². The summed E-state index contributed by atoms with van der Waals surface area (Å²) >= 11 is 0. The molecule has 398 valence electrons. The minimum Gasteiger partial charge on any atom is -0.479 e. The minimum atomic E-state index is -6.06. The number of carbonyl (C=O) groups is 2. The standard InChI is InChI=1S/C25H42N2O36S5/c1-53-24-12(32)10(30)16(18(61-24)20(34)35)60-23-7(27-65(41,42)43)15(63-68(50,51)52)14(5(57-23)3-55-67(47,48)49)58-25-13(33)11(31)17(19(62-25)21(36)37)59-22-6(26-64(38,39)40)9(29)8(28)4(56-22)2-54-66(44,45)46/h4-19,22-33H,2-3H2,1H3,(H,34,35)(H,36,37)(H,38,39,40)(H,41,42,43)(H,44,45,46)(H,47,48,49)(H,50,51,52)/t4-,5-,6-,7-,8-,9-,10+,11-,12+,13-,14-,15-,16-,17+,18+,19+,22-,23-,24+,25-/m1/s1. The Morgan fingerprint density at radius 2 is 0.868 bits per heavy atom. The first-order chi connectivity index (χ1) is 30.9. The normalized spacial score (nSPS) is 40.1. The molecule has 0 aromatic heterocycles. The minimum absolute atomic E-state index is 0.874. The van der Waals surface area contributed by atoms with Gasteiger partial charge in [-0.3, -0.25) is 22.8 Å². The molecular weight excluding hydrogens is 1060 g/mol. The van der Waals surface area contributed by atoms with Gasteiger partial charge in [-0.05, 0) is 0 Å². The van der Waals surface area contributed by atoms with E-state index < -0.39 is 200 Å². The van der Waals surface area contributed by atoms with Gasteiger partial charge in [0.25, 0.3) is 0 Å². The fourth-order valence-electron chi connectivity index (χ4n) is 6.81. The monoisotopic (exact) mass is 1110 g/mol. The molecule has 4 fully saturated rings. The molecule has 4 heterocycles. The van der Waals surface area contributed by atoms with Crippen molar-refractivity contribution in [3.05, 3.63) is 0 Å². The Morgan fingerprint density at radius 3 is 1.29 bits per heavy atom. The maximum absolute atomic E-state index is 12.6. The zero-order valence-corrected chi connectivity index (χ0v) is 37.3. The summed E-state index contributed by atoms with van der Waals surface area (Å²) in [5.41, 5.74) is 0. The SMILES string of the molecule is CO[C@H]1O[C@H](C(=O)O)[C@H](O[C@H]2O[C@H](COS(=O)(=O)O)[C@@H](O[C@@H]3O[C@H](C(=O)O)[C@@H](O[C@H]4O[C@H](COS(=O)(=O)O)[C@@H](O)[C@H](O)[C@H]4NS(=O)(=O)O)[C@H](O)[C@H]3O)[C@H](OS(=O)(=O)O)[C@H]2NS(=O)(=O)O)[C@@H](O)[C@@H]1O. The van der Waals surface area contributed by atoms with Crippen molar-refractivity contribution in [2.75, 3.05) is 20.3 Å². The van der Waals surface area contributed by atoms with Crippen molar-refractivity contribution >= 4 is 63.7 Å². The third kappa shape index (κ3) is 15.6. The van der Waals surface area contributed by atoms with Crippen LogP contribution >= 0.6 is 0 Å². The van der Waals surface area contributed by atoms with Gasteiger partial charge in [0, 0.05) is 7.11 Å². The van der Waals surface area contributed by atoms with Gasteiger partial charge in [0.1, 0.15) is 85.3 Å². The van der Waals surface area contributed by atoms with Crippen molar-refractivity contribution in [3.8, 4) is 0 Å². The summed E-state index contributed by atoms with van der Waals surface area (Å²) < 4.78 is 222. The number of nitrogens with one attached hydrogen (secondary N) is 2. The number of carboxylic acids is 2. The molecule has 0 unspecified atom stereocenters. The zero-order chi connectivity index (χ0) is 51.8. The molecular formula is C25H42N2O36S5. The lowest BCUT2D eigenvalue weighted by molar-refractivity contribution is -0.368. The molecule has 15 N–H and O–H groups in total. The summed E-state index contributed by atoms with van der Waals surface area (Å²) in [7, 11) is -27.5. The molecule has 0 aromatic rings. The summed E-state index contributed by atoms with van der Waals surface area (Å²) in [5.74, 6) is -4.29. The lowest BCUT2D eigenvalue weighted by Gasteiger charge is -2.49. The van der Waals surface area contributed by atoms with Gasteiger partial charge in [0.2, 0.25) is 0 Å². The number of methoxy groups -OCH3 is 1. The van der Waals surface area contributed by atoms with Crippen LogP contribution in [0.15, 0.2) is 0 Å². The summed E-state index contributed by atoms with van der Waals surface area (Å²) in [6.45, 7) is -3.14. The fourth-order valence-corrected chi connectivity index (χ4v) is 9.11. The highest BCUT2D eigenvalue weighted by atomic mass is 32.3. The summed E-state index contributed by atoms with van der Waals surface area (Å²) in [5, 5.41) is 84.7. The molecule has 4 saturated heterocycles. The molecule has 4 aliphatic heterocycles. The quantitative estimate of drug-likeness (QED) is 0.0475. The van der Waals surface area contributed by atoms with Crippen LogP contribution in [0, 0.1) is 0 Å². The van der Waals surface area contributed by atoms with E-state index in [0.29, 0.717) is 0 Å². The Hall–Kier alpha value is -2.27. The molecule has 38 nitrogen and oxygen atoms in total. The van der Waals surface area contributed by atoms with E-state index in [2.05, 4.69) is 12.5 Å². The van der Waals surface area contributed by atoms with Gasteiger partial charge in [0.05, 0.1) is 13.2 Å². The Kier molecular flexibility index (Phi) is 19.1. The number of aliphatic carboxylic acids is 2. The van der Waals surface area contributed by atoms with Crippen LogP contribution in [0.3, 0.4) is 0 Å². The Balaban J connectivity index is 1.79. The van der Waals surface area contributed by atoms with Crippen LogP contribution in [0.25, 0.3) is 0 Å². The molecule has 20 atom stereocenters. The van der Waals surface area contributed by atoms with Crippen LogP contribution in [0.5, 0.6) is 0 Å². The van der Waals surface area contributed by atoms with Crippen LogP contribution < -0.4 is 9.44 Å². The third-order valence-electron chi connectivity index (χ3n) is 9.59. The van der Waals surface area contributed by atoms with E-state index in [4.69, 9.17) is 42.4 Å². The van der Waals surface area contributed by atoms with Crippen molar-refractivity contribution in [2.24, 2.45) is 0 Å². The van der Waals surface area contributed by atoms with E-state index in [1.807, 2.05) is 0 Å². The average molecular weight is 1110 g/mol. The van der Waals surface area contributed by atoms with E-state index in [1.54, 1.807) is 0 Å². The average Bonchev–Trinajstić information content (AvgIpc) is 3.17. The number of aliphatic hydroxyl groups excluding tert-OH is 6. The lowest BCUT2D eigenvalue weighted by atomic mass is 9.94. The van der Waals surface area contributed by atoms with Crippen molar-refractivity contribution < 1.29 is 166 Å². The molecule has 0 saturated carbocycles. The molecule has 0 radical (unpaired) electrons. The van der Waals surface area contributed by atoms with E-state index in [0.717, 1.165) is 7.11 Å². The number of hydrogen-bond acceptors (Lipinski definition) is 29. The maximum Gasteiger partial charge on any atom is 0.397 e. The topological polar surface area (TPSA) is 593 Å². The van der Waals surface area contributed by atoms with Crippen molar-refractivity contribution in [1.29, 1.82) is 0 Å². The number of ether oxygens (including phenoxy) is 8. The first-order valence-electron chi connectivity index (χ1n) is 18.0. The molecule has 43 heteroatoms. The predicted octanol–water partition coefficient (Wildman–Crippen LogP) is -10.6. The van der Waals surface area contributed by atoms with Gasteiger partial charge in [-0.25, -0.2) is 22.1 Å². The first kappa shape index (κ1) is 58.3. The van der Waals surface area contributed by atoms with E-state index in [9.17, 15) is 111 Å². The smallest absolute Gasteiger partial charge is 0.397 e. The Bertz CT molecular complexity index is 2340. The number of carboxylic acid groups (broad SMARTS) is 2. The highest BCUT2D eigenvalue weighted by molar-refractivity contribution is 7.84. The molecule has 0 aromatic carbocycles. The summed E-state index contributed by atoms with van der Waals surface area (Å²) in [4.78, 5) is 24.7. The fraction of sp³-hybridized carbons (Fsp3) is 0.920. The number of rotatable bonds is 21. The summed E-state index contributed by atoms with van der Waals surface area (Å²) in [6.07, 6.45) is -46.6. The molecule has 68 heavy (non-hydrogen) atoms. The lowest BCUT2D eigenvalue weighted by Crippen LogP contribution is -2.71. The molecule has 4 aliphatic rings. The van der Waals surface area contributed by atoms with Crippen molar-refractivity contribution in [3.63, 3.8) is 0 Å². The number of hydrogen-bond donors (Lipinski definition) is 15. The molecule has 0 aliphatic carbocycles. The number of aliphatic hydroxyl groups is 6. The van der Waals surface area contributed by atoms with Crippen molar-refractivity contribution in [1.82, 2.24) is 9.44 Å². The largest absolute Gasteiger partial charge is 0.479 e. The highest BCUT2D eigenvalue weighted by Gasteiger charge is 2.59. The predicted molar refractivity (Wildman–Crippen MR) is 196 cm³/mol. The highest BCUT2D eigenvalue weighted by Crippen LogP contribution is 2.36. The van der Waals surface area contributed by atoms with Gasteiger partial charge in [0.15, 0.2) is 37.4 Å². The Morgan fingerprint density at radius 1 is 0.471 bits per heavy atom. The van der Waals surface area contributed by atoms with Crippen LogP contribution in [-0.2, 0) is 112 Å². The second kappa shape index (κ2) is 22.2.